The smallest absolute Gasteiger partial charge is 0.253 e. The molecule has 0 aromatic carbocycles. The maximum atomic E-state index is 12.8. The van der Waals surface area contributed by atoms with Gasteiger partial charge in [-0.1, -0.05) is 6.07 Å². The third-order valence-electron chi connectivity index (χ3n) is 6.55. The molecule has 0 spiro atoms. The Morgan fingerprint density at radius 3 is 2.81 bits per heavy atom. The van der Waals surface area contributed by atoms with Gasteiger partial charge >= 0.3 is 0 Å². The van der Waals surface area contributed by atoms with Crippen LogP contribution in [-0.4, -0.2) is 67.5 Å². The van der Waals surface area contributed by atoms with Crippen molar-refractivity contribution in [2.24, 2.45) is 5.92 Å². The monoisotopic (exact) mass is 433 g/mol. The lowest BCUT2D eigenvalue weighted by Crippen LogP contribution is -2.51. The zero-order chi connectivity index (χ0) is 22.1. The quantitative estimate of drug-likeness (QED) is 0.617. The zero-order valence-corrected chi connectivity index (χ0v) is 18.8. The molecule has 168 valence electrons. The predicted molar refractivity (Wildman–Crippen MR) is 122 cm³/mol. The van der Waals surface area contributed by atoms with Crippen molar-refractivity contribution in [1.29, 1.82) is 0 Å². The number of rotatable bonds is 7. The molecule has 0 radical (unpaired) electrons. The van der Waals surface area contributed by atoms with E-state index in [4.69, 9.17) is 0 Å². The number of fused-ring (bicyclic) bond motifs is 1. The Balaban J connectivity index is 1.38. The third-order valence-corrected chi connectivity index (χ3v) is 6.55. The molecule has 1 aliphatic carbocycles. The highest BCUT2D eigenvalue weighted by Gasteiger charge is 2.35. The standard InChI is InChI=1S/C24H31N7O/c1-17(2)30-11-10-29(14-18-5-6-18)16-21(30)23-28-27-22-8-7-20(15-31(22)23)24(32)26-13-19-4-3-9-25-12-19/h3-4,7-9,12,15,17-18,21H,5-6,10-11,13-14,16H2,1-2H3,(H,26,32). The van der Waals surface area contributed by atoms with Crippen LogP contribution in [0, 0.1) is 5.92 Å². The van der Waals surface area contributed by atoms with Crippen molar-refractivity contribution >= 4 is 11.6 Å². The van der Waals surface area contributed by atoms with E-state index in [1.54, 1.807) is 12.4 Å². The molecule has 1 aliphatic heterocycles. The summed E-state index contributed by atoms with van der Waals surface area (Å²) in [5, 5.41) is 12.0. The molecule has 2 fully saturated rings. The summed E-state index contributed by atoms with van der Waals surface area (Å²) in [5.41, 5.74) is 2.34. The second kappa shape index (κ2) is 8.96. The molecule has 1 saturated heterocycles. The van der Waals surface area contributed by atoms with Crippen LogP contribution < -0.4 is 5.32 Å². The number of hydrogen-bond donors (Lipinski definition) is 1. The van der Waals surface area contributed by atoms with Crippen LogP contribution in [-0.2, 0) is 6.54 Å². The van der Waals surface area contributed by atoms with Gasteiger partial charge in [0.05, 0.1) is 11.6 Å². The molecule has 8 nitrogen and oxygen atoms in total. The number of pyridine rings is 2. The minimum atomic E-state index is -0.116. The molecule has 8 heteroatoms. The average molecular weight is 434 g/mol. The normalized spacial score (nSPS) is 20.2. The van der Waals surface area contributed by atoms with Crippen LogP contribution in [0.5, 0.6) is 0 Å². The number of hydrogen-bond acceptors (Lipinski definition) is 6. The topological polar surface area (TPSA) is 78.7 Å². The summed E-state index contributed by atoms with van der Waals surface area (Å²) < 4.78 is 2.00. The number of aromatic nitrogens is 4. The molecule has 0 bridgehead atoms. The van der Waals surface area contributed by atoms with Gasteiger partial charge in [-0.15, -0.1) is 10.2 Å². The molecule has 1 unspecified atom stereocenters. The van der Waals surface area contributed by atoms with Gasteiger partial charge in [-0.05, 0) is 56.4 Å². The van der Waals surface area contributed by atoms with Gasteiger partial charge in [-0.3, -0.25) is 24.0 Å². The number of amides is 1. The Kier molecular flexibility index (Phi) is 5.89. The van der Waals surface area contributed by atoms with Gasteiger partial charge in [-0.25, -0.2) is 0 Å². The molecular formula is C24H31N7O. The largest absolute Gasteiger partial charge is 0.348 e. The van der Waals surface area contributed by atoms with Gasteiger partial charge in [-0.2, -0.15) is 0 Å². The van der Waals surface area contributed by atoms with Crippen LogP contribution in [0.25, 0.3) is 5.65 Å². The second-order valence-electron chi connectivity index (χ2n) is 9.30. The lowest BCUT2D eigenvalue weighted by Gasteiger charge is -2.42. The van der Waals surface area contributed by atoms with E-state index in [0.717, 1.165) is 42.6 Å². The van der Waals surface area contributed by atoms with Crippen molar-refractivity contribution in [3.8, 4) is 0 Å². The van der Waals surface area contributed by atoms with Crippen molar-refractivity contribution < 1.29 is 4.79 Å². The summed E-state index contributed by atoms with van der Waals surface area (Å²) in [6, 6.07) is 8.08. The fourth-order valence-corrected chi connectivity index (χ4v) is 4.59. The van der Waals surface area contributed by atoms with E-state index in [9.17, 15) is 4.79 Å². The van der Waals surface area contributed by atoms with Crippen LogP contribution in [0.4, 0.5) is 0 Å². The highest BCUT2D eigenvalue weighted by atomic mass is 16.1. The fourth-order valence-electron chi connectivity index (χ4n) is 4.59. The van der Waals surface area contributed by atoms with Crippen molar-refractivity contribution in [2.45, 2.75) is 45.3 Å². The van der Waals surface area contributed by atoms with E-state index in [-0.39, 0.29) is 11.9 Å². The molecule has 1 amide bonds. The van der Waals surface area contributed by atoms with Crippen LogP contribution in [0.1, 0.15) is 54.5 Å². The molecule has 1 saturated carbocycles. The number of nitrogens with one attached hydrogen (secondary N) is 1. The average Bonchev–Trinajstić information content (AvgIpc) is 3.52. The van der Waals surface area contributed by atoms with Gasteiger partial charge in [0.1, 0.15) is 0 Å². The van der Waals surface area contributed by atoms with E-state index < -0.39 is 0 Å². The first kappa shape index (κ1) is 21.0. The van der Waals surface area contributed by atoms with E-state index >= 15 is 0 Å². The van der Waals surface area contributed by atoms with Gasteiger partial charge in [0, 0.05) is 57.4 Å². The molecule has 32 heavy (non-hydrogen) atoms. The van der Waals surface area contributed by atoms with Gasteiger partial charge in [0.2, 0.25) is 0 Å². The van der Waals surface area contributed by atoms with E-state index in [1.807, 2.05) is 34.9 Å². The molecule has 3 aromatic rings. The first-order valence-corrected chi connectivity index (χ1v) is 11.6. The summed E-state index contributed by atoms with van der Waals surface area (Å²) in [4.78, 5) is 22.0. The fraction of sp³-hybridized carbons (Fsp3) is 0.500. The predicted octanol–water partition coefficient (Wildman–Crippen LogP) is 2.53. The highest BCUT2D eigenvalue weighted by molar-refractivity contribution is 5.94. The minimum absolute atomic E-state index is 0.116. The van der Waals surface area contributed by atoms with Crippen LogP contribution >= 0.6 is 0 Å². The summed E-state index contributed by atoms with van der Waals surface area (Å²) >= 11 is 0. The Morgan fingerprint density at radius 2 is 2.06 bits per heavy atom. The van der Waals surface area contributed by atoms with Crippen molar-refractivity contribution in [2.75, 3.05) is 26.2 Å². The number of carbonyl (C=O) groups is 1. The summed E-state index contributed by atoms with van der Waals surface area (Å²) in [6.07, 6.45) is 8.09. The minimum Gasteiger partial charge on any atom is -0.348 e. The molecule has 3 aromatic heterocycles. The molecule has 2 aliphatic rings. The van der Waals surface area contributed by atoms with Crippen LogP contribution in [0.2, 0.25) is 0 Å². The molecular weight excluding hydrogens is 402 g/mol. The Hall–Kier alpha value is -2.84. The maximum absolute atomic E-state index is 12.8. The lowest BCUT2D eigenvalue weighted by atomic mass is 10.1. The third kappa shape index (κ3) is 4.52. The summed E-state index contributed by atoms with van der Waals surface area (Å²) in [7, 11) is 0. The van der Waals surface area contributed by atoms with E-state index in [1.165, 1.54) is 19.4 Å². The van der Waals surface area contributed by atoms with Crippen LogP contribution in [0.15, 0.2) is 42.9 Å². The summed E-state index contributed by atoms with van der Waals surface area (Å²) in [6.45, 7) is 9.18. The molecule has 1 atom stereocenters. The molecule has 5 rings (SSSR count). The lowest BCUT2D eigenvalue weighted by molar-refractivity contribution is 0.0437. The number of piperazine rings is 1. The van der Waals surface area contributed by atoms with Crippen LogP contribution in [0.3, 0.4) is 0 Å². The Morgan fingerprint density at radius 1 is 1.19 bits per heavy atom. The van der Waals surface area contributed by atoms with Crippen molar-refractivity contribution in [1.82, 2.24) is 34.7 Å². The van der Waals surface area contributed by atoms with E-state index in [0.29, 0.717) is 18.2 Å². The number of nitrogens with zero attached hydrogens (tertiary/aromatic N) is 6. The Labute approximate surface area is 188 Å². The first-order chi connectivity index (χ1) is 15.6. The number of carbonyl (C=O) groups excluding carboxylic acids is 1. The van der Waals surface area contributed by atoms with Gasteiger partial charge in [0.25, 0.3) is 5.91 Å². The van der Waals surface area contributed by atoms with Crippen molar-refractivity contribution in [3.63, 3.8) is 0 Å². The van der Waals surface area contributed by atoms with E-state index in [2.05, 4.69) is 44.1 Å². The first-order valence-electron chi connectivity index (χ1n) is 11.6. The SMILES string of the molecule is CC(C)N1CCN(CC2CC2)CC1c1nnc2ccc(C(=O)NCc3cccnc3)cn12. The van der Waals surface area contributed by atoms with Crippen molar-refractivity contribution in [3.05, 3.63) is 59.8 Å². The maximum Gasteiger partial charge on any atom is 0.253 e. The molecule has 1 N–H and O–H groups in total. The molecule has 4 heterocycles. The Bertz CT molecular complexity index is 1080. The summed E-state index contributed by atoms with van der Waals surface area (Å²) in [5.74, 6) is 1.66. The zero-order valence-electron chi connectivity index (χ0n) is 18.8. The van der Waals surface area contributed by atoms with Gasteiger partial charge in [0.15, 0.2) is 11.5 Å². The second-order valence-corrected chi connectivity index (χ2v) is 9.30. The van der Waals surface area contributed by atoms with Gasteiger partial charge < -0.3 is 5.32 Å². The highest BCUT2D eigenvalue weighted by Crippen LogP contribution is 2.33.